The second-order valence-corrected chi connectivity index (χ2v) is 4.39. The van der Waals surface area contributed by atoms with Crippen LogP contribution in [0, 0.1) is 16.7 Å². The number of rotatable bonds is 5. The van der Waals surface area contributed by atoms with Crippen LogP contribution < -0.4 is 9.47 Å². The lowest BCUT2D eigenvalue weighted by atomic mass is 9.79. The van der Waals surface area contributed by atoms with Crippen molar-refractivity contribution in [1.82, 2.24) is 0 Å². The summed E-state index contributed by atoms with van der Waals surface area (Å²) in [5.41, 5.74) is -0.230. The predicted octanol–water partition coefficient (Wildman–Crippen LogP) is 2.68. The number of hydrogen-bond acceptors (Lipinski definition) is 4. The summed E-state index contributed by atoms with van der Waals surface area (Å²) in [4.78, 5) is 0. The summed E-state index contributed by atoms with van der Waals surface area (Å²) < 4.78 is 10.3. The van der Waals surface area contributed by atoms with Crippen molar-refractivity contribution in [2.75, 3.05) is 14.2 Å². The number of nitrogens with zero attached hydrogens (tertiary/aromatic N) is 1. The minimum atomic E-state index is -0.895. The van der Waals surface area contributed by atoms with E-state index in [4.69, 9.17) is 9.47 Å². The van der Waals surface area contributed by atoms with Gasteiger partial charge in [-0.15, -0.1) is 0 Å². The Balaban J connectivity index is 3.21. The summed E-state index contributed by atoms with van der Waals surface area (Å²) in [6.07, 6.45) is -0.340. The van der Waals surface area contributed by atoms with E-state index in [2.05, 4.69) is 6.07 Å². The Labute approximate surface area is 108 Å². The fraction of sp³-hybridized carbons (Fsp3) is 0.500. The van der Waals surface area contributed by atoms with Crippen LogP contribution in [0.2, 0.25) is 0 Å². The van der Waals surface area contributed by atoms with Gasteiger partial charge in [-0.2, -0.15) is 5.26 Å². The van der Waals surface area contributed by atoms with E-state index in [1.807, 2.05) is 6.92 Å². The van der Waals surface area contributed by atoms with Crippen LogP contribution in [0.1, 0.15) is 31.9 Å². The number of nitriles is 1. The van der Waals surface area contributed by atoms with Crippen molar-refractivity contribution < 1.29 is 14.6 Å². The van der Waals surface area contributed by atoms with Gasteiger partial charge in [-0.3, -0.25) is 0 Å². The smallest absolute Gasteiger partial charge is 0.128 e. The molecular weight excluding hydrogens is 230 g/mol. The molecule has 0 spiro atoms. The maximum absolute atomic E-state index is 10.4. The number of ether oxygens (including phenoxy) is 2. The summed E-state index contributed by atoms with van der Waals surface area (Å²) in [7, 11) is 3.09. The molecule has 2 unspecified atom stereocenters. The van der Waals surface area contributed by atoms with Crippen LogP contribution in [-0.4, -0.2) is 19.3 Å². The van der Waals surface area contributed by atoms with Crippen LogP contribution in [0.4, 0.5) is 0 Å². The Morgan fingerprint density at radius 1 is 1.39 bits per heavy atom. The van der Waals surface area contributed by atoms with Crippen LogP contribution in [0.3, 0.4) is 0 Å². The molecule has 0 amide bonds. The third kappa shape index (κ3) is 2.57. The molecule has 0 radical (unpaired) electrons. The molecule has 1 N–H and O–H groups in total. The third-order valence-electron chi connectivity index (χ3n) is 3.33. The normalized spacial score (nSPS) is 15.3. The summed E-state index contributed by atoms with van der Waals surface area (Å²) in [6, 6.07) is 7.34. The van der Waals surface area contributed by atoms with Crippen molar-refractivity contribution in [2.24, 2.45) is 5.41 Å². The molecular formula is C14H19NO3. The van der Waals surface area contributed by atoms with E-state index >= 15 is 0 Å². The standard InChI is InChI=1S/C14H19NO3/c1-5-14(2,9-15)13(16)11-7-6-10(17-3)8-12(11)18-4/h6-8,13,16H,5H2,1-4H3. The molecule has 1 aromatic rings. The lowest BCUT2D eigenvalue weighted by Crippen LogP contribution is -2.23. The highest BCUT2D eigenvalue weighted by Gasteiger charge is 2.34. The van der Waals surface area contributed by atoms with E-state index in [1.54, 1.807) is 32.2 Å². The molecule has 18 heavy (non-hydrogen) atoms. The van der Waals surface area contributed by atoms with Gasteiger partial charge in [0.2, 0.25) is 0 Å². The highest BCUT2D eigenvalue weighted by Crippen LogP contribution is 2.40. The first-order valence-corrected chi connectivity index (χ1v) is 5.83. The van der Waals surface area contributed by atoms with Crippen LogP contribution in [0.5, 0.6) is 11.5 Å². The van der Waals surface area contributed by atoms with Gasteiger partial charge in [0.05, 0.1) is 25.7 Å². The molecule has 0 aliphatic heterocycles. The minimum absolute atomic E-state index is 0.525. The molecule has 0 saturated carbocycles. The number of benzene rings is 1. The monoisotopic (exact) mass is 249 g/mol. The summed E-state index contributed by atoms with van der Waals surface area (Å²) in [5, 5.41) is 19.6. The molecule has 0 aliphatic rings. The Morgan fingerprint density at radius 2 is 2.06 bits per heavy atom. The second kappa shape index (κ2) is 5.74. The zero-order valence-corrected chi connectivity index (χ0v) is 11.2. The first kappa shape index (κ1) is 14.3. The predicted molar refractivity (Wildman–Crippen MR) is 68.5 cm³/mol. The molecule has 4 heteroatoms. The van der Waals surface area contributed by atoms with Crippen molar-refractivity contribution >= 4 is 0 Å². The summed E-state index contributed by atoms with van der Waals surface area (Å²) in [6.45, 7) is 3.61. The third-order valence-corrected chi connectivity index (χ3v) is 3.33. The van der Waals surface area contributed by atoms with Crippen LogP contribution >= 0.6 is 0 Å². The highest BCUT2D eigenvalue weighted by atomic mass is 16.5. The Hall–Kier alpha value is -1.73. The highest BCUT2D eigenvalue weighted by molar-refractivity contribution is 5.43. The lowest BCUT2D eigenvalue weighted by Gasteiger charge is -2.27. The fourth-order valence-corrected chi connectivity index (χ4v) is 1.72. The van der Waals surface area contributed by atoms with Crippen molar-refractivity contribution in [1.29, 1.82) is 5.26 Å². The molecule has 2 atom stereocenters. The fourth-order valence-electron chi connectivity index (χ4n) is 1.72. The molecule has 0 fully saturated rings. The van der Waals surface area contributed by atoms with Crippen LogP contribution in [0.15, 0.2) is 18.2 Å². The van der Waals surface area contributed by atoms with Crippen molar-refractivity contribution in [2.45, 2.75) is 26.4 Å². The second-order valence-electron chi connectivity index (χ2n) is 4.39. The molecule has 98 valence electrons. The van der Waals surface area contributed by atoms with Gasteiger partial charge in [0.1, 0.15) is 17.6 Å². The van der Waals surface area contributed by atoms with Gasteiger partial charge >= 0.3 is 0 Å². The maximum Gasteiger partial charge on any atom is 0.128 e. The zero-order chi connectivity index (χ0) is 13.8. The quantitative estimate of drug-likeness (QED) is 0.871. The Kier molecular flexibility index (Phi) is 4.57. The lowest BCUT2D eigenvalue weighted by molar-refractivity contribution is 0.0698. The van der Waals surface area contributed by atoms with Crippen LogP contribution in [0.25, 0.3) is 0 Å². The molecule has 0 aromatic heterocycles. The zero-order valence-electron chi connectivity index (χ0n) is 11.2. The van der Waals surface area contributed by atoms with E-state index in [0.717, 1.165) is 0 Å². The van der Waals surface area contributed by atoms with Gasteiger partial charge in [-0.05, 0) is 25.5 Å². The van der Waals surface area contributed by atoms with Crippen LogP contribution in [-0.2, 0) is 0 Å². The van der Waals surface area contributed by atoms with Gasteiger partial charge in [0.15, 0.2) is 0 Å². The number of aliphatic hydroxyl groups excluding tert-OH is 1. The van der Waals surface area contributed by atoms with Crippen molar-refractivity contribution in [3.05, 3.63) is 23.8 Å². The first-order valence-electron chi connectivity index (χ1n) is 5.83. The molecule has 1 aromatic carbocycles. The number of aliphatic hydroxyl groups is 1. The Bertz CT molecular complexity index is 453. The maximum atomic E-state index is 10.4. The van der Waals surface area contributed by atoms with Gasteiger partial charge < -0.3 is 14.6 Å². The molecule has 0 bridgehead atoms. The first-order chi connectivity index (χ1) is 8.52. The van der Waals surface area contributed by atoms with E-state index in [1.165, 1.54) is 7.11 Å². The average molecular weight is 249 g/mol. The molecule has 0 saturated heterocycles. The number of methoxy groups -OCH3 is 2. The molecule has 1 rings (SSSR count). The van der Waals surface area contributed by atoms with E-state index in [9.17, 15) is 10.4 Å². The van der Waals surface area contributed by atoms with Gasteiger partial charge in [-0.25, -0.2) is 0 Å². The van der Waals surface area contributed by atoms with Crippen molar-refractivity contribution in [3.8, 4) is 17.6 Å². The Morgan fingerprint density at radius 3 is 2.50 bits per heavy atom. The minimum Gasteiger partial charge on any atom is -0.497 e. The van der Waals surface area contributed by atoms with E-state index < -0.39 is 11.5 Å². The SMILES string of the molecule is CCC(C)(C#N)C(O)c1ccc(OC)cc1OC. The number of hydrogen-bond donors (Lipinski definition) is 1. The topological polar surface area (TPSA) is 62.5 Å². The largest absolute Gasteiger partial charge is 0.497 e. The van der Waals surface area contributed by atoms with Gasteiger partial charge in [-0.1, -0.05) is 6.92 Å². The van der Waals surface area contributed by atoms with E-state index in [0.29, 0.717) is 23.5 Å². The summed E-state index contributed by atoms with van der Waals surface area (Å²) >= 11 is 0. The van der Waals surface area contributed by atoms with E-state index in [-0.39, 0.29) is 0 Å². The summed E-state index contributed by atoms with van der Waals surface area (Å²) in [5.74, 6) is 1.18. The molecule has 0 heterocycles. The van der Waals surface area contributed by atoms with Gasteiger partial charge in [0.25, 0.3) is 0 Å². The molecule has 0 aliphatic carbocycles. The average Bonchev–Trinajstić information content (AvgIpc) is 2.44. The van der Waals surface area contributed by atoms with Gasteiger partial charge in [0, 0.05) is 11.6 Å². The molecule has 4 nitrogen and oxygen atoms in total. The van der Waals surface area contributed by atoms with Crippen molar-refractivity contribution in [3.63, 3.8) is 0 Å².